The maximum absolute atomic E-state index is 13.1. The van der Waals surface area contributed by atoms with Crippen molar-refractivity contribution in [3.8, 4) is 0 Å². The number of fused-ring (bicyclic) bond motifs is 1. The third-order valence-corrected chi connectivity index (χ3v) is 5.80. The van der Waals surface area contributed by atoms with Gasteiger partial charge in [0.25, 0.3) is 0 Å². The number of imidazole rings is 1. The van der Waals surface area contributed by atoms with Gasteiger partial charge >= 0.3 is 0 Å². The number of ketones is 4. The van der Waals surface area contributed by atoms with E-state index in [4.69, 9.17) is 10.5 Å². The molecule has 4 N–H and O–H groups in total. The third-order valence-electron chi connectivity index (χ3n) is 5.80. The predicted molar refractivity (Wildman–Crippen MR) is 99.8 cm³/mol. The van der Waals surface area contributed by atoms with E-state index in [-0.39, 0.29) is 17.0 Å². The molecule has 12 nitrogen and oxygen atoms in total. The molecule has 0 bridgehead atoms. The fourth-order valence-corrected chi connectivity index (χ4v) is 4.64. The molecule has 12 heteroatoms. The zero-order chi connectivity index (χ0) is 22.6. The predicted octanol–water partition coefficient (Wildman–Crippen LogP) is -1.47. The number of rotatable bonds is 6. The number of carbonyl (C=O) groups is 4. The summed E-state index contributed by atoms with van der Waals surface area (Å²) in [7, 11) is 0. The molecule has 3 heterocycles. The number of nitrogens with two attached hydrogens (primary N) is 1. The summed E-state index contributed by atoms with van der Waals surface area (Å²) < 4.78 is 6.76. The fraction of sp³-hybridized carbons (Fsp3) is 0.500. The van der Waals surface area contributed by atoms with Crippen LogP contribution in [0.15, 0.2) is 12.7 Å². The summed E-state index contributed by atoms with van der Waals surface area (Å²) in [6.07, 6.45) is 0.351. The standard InChI is InChI=1S/C18H21N5O7/c1-8(25)16(9(2)26)17(29,10(3)27)12(5-24)30-18(16,11(4)28)23-7-22-13-14(19)20-6-21-15(13)23/h6-7,12,24,29H,5H2,1-4H3,(H2,19,20,21)/t12-,17-,18-/m1/s1. The van der Waals surface area contributed by atoms with E-state index in [2.05, 4.69) is 15.0 Å². The second kappa shape index (κ2) is 6.72. The van der Waals surface area contributed by atoms with E-state index in [1.807, 2.05) is 0 Å². The summed E-state index contributed by atoms with van der Waals surface area (Å²) in [6.45, 7) is 2.92. The van der Waals surface area contributed by atoms with Gasteiger partial charge in [0.15, 0.2) is 45.6 Å². The molecule has 0 radical (unpaired) electrons. The number of Topliss-reactive ketones (excluding diaryl/α,β-unsaturated/α-hetero) is 4. The number of hydrogen-bond donors (Lipinski definition) is 3. The highest BCUT2D eigenvalue weighted by atomic mass is 16.6. The zero-order valence-electron chi connectivity index (χ0n) is 16.7. The minimum Gasteiger partial charge on any atom is -0.394 e. The molecular formula is C18H21N5O7. The van der Waals surface area contributed by atoms with Crippen LogP contribution >= 0.6 is 0 Å². The lowest BCUT2D eigenvalue weighted by atomic mass is 9.58. The topological polar surface area (TPSA) is 188 Å². The highest BCUT2D eigenvalue weighted by Crippen LogP contribution is 2.58. The van der Waals surface area contributed by atoms with Gasteiger partial charge in [0.05, 0.1) is 12.9 Å². The molecule has 3 atom stereocenters. The van der Waals surface area contributed by atoms with E-state index in [0.29, 0.717) is 0 Å². The summed E-state index contributed by atoms with van der Waals surface area (Å²) >= 11 is 0. The average molecular weight is 419 g/mol. The van der Waals surface area contributed by atoms with Crippen molar-refractivity contribution in [1.82, 2.24) is 19.5 Å². The molecule has 1 aliphatic heterocycles. The van der Waals surface area contributed by atoms with Gasteiger partial charge in [-0.15, -0.1) is 0 Å². The Morgan fingerprint density at radius 2 is 1.67 bits per heavy atom. The Bertz CT molecular complexity index is 1080. The first-order valence-electron chi connectivity index (χ1n) is 8.93. The molecule has 0 saturated carbocycles. The lowest BCUT2D eigenvalue weighted by molar-refractivity contribution is -0.187. The number of aliphatic hydroxyl groups excluding tert-OH is 1. The minimum absolute atomic E-state index is 0.0431. The normalized spacial score (nSPS) is 27.9. The lowest BCUT2D eigenvalue weighted by Gasteiger charge is -2.44. The Morgan fingerprint density at radius 1 is 1.07 bits per heavy atom. The molecular weight excluding hydrogens is 398 g/mol. The number of carbonyl (C=O) groups excluding carboxylic acids is 4. The number of hydrogen-bond acceptors (Lipinski definition) is 11. The van der Waals surface area contributed by atoms with Gasteiger partial charge in [-0.2, -0.15) is 0 Å². The van der Waals surface area contributed by atoms with Crippen LogP contribution in [0.4, 0.5) is 5.82 Å². The van der Waals surface area contributed by atoms with E-state index in [0.717, 1.165) is 44.9 Å². The summed E-state index contributed by atoms with van der Waals surface area (Å²) in [4.78, 5) is 63.8. The monoisotopic (exact) mass is 419 g/mol. The highest BCUT2D eigenvalue weighted by molar-refractivity contribution is 6.17. The molecule has 160 valence electrons. The first-order chi connectivity index (χ1) is 13.9. The molecule has 0 unspecified atom stereocenters. The van der Waals surface area contributed by atoms with Crippen molar-refractivity contribution >= 4 is 40.1 Å². The van der Waals surface area contributed by atoms with Gasteiger partial charge in [-0.05, 0) is 27.7 Å². The molecule has 3 rings (SSSR count). The van der Waals surface area contributed by atoms with E-state index < -0.39 is 52.6 Å². The van der Waals surface area contributed by atoms with Crippen molar-refractivity contribution in [3.63, 3.8) is 0 Å². The van der Waals surface area contributed by atoms with E-state index in [1.165, 1.54) is 0 Å². The van der Waals surface area contributed by atoms with Gasteiger partial charge in [0, 0.05) is 0 Å². The summed E-state index contributed by atoms with van der Waals surface area (Å²) in [5, 5.41) is 21.3. The molecule has 0 spiro atoms. The lowest BCUT2D eigenvalue weighted by Crippen LogP contribution is -2.70. The second-order valence-corrected chi connectivity index (χ2v) is 7.22. The maximum atomic E-state index is 13.1. The van der Waals surface area contributed by atoms with Crippen molar-refractivity contribution < 1.29 is 34.1 Å². The number of nitrogen functional groups attached to an aromatic ring is 1. The fourth-order valence-electron chi connectivity index (χ4n) is 4.64. The Balaban J connectivity index is 2.59. The number of aromatic nitrogens is 4. The zero-order valence-corrected chi connectivity index (χ0v) is 16.7. The van der Waals surface area contributed by atoms with E-state index in [1.54, 1.807) is 0 Å². The second-order valence-electron chi connectivity index (χ2n) is 7.22. The SMILES string of the molecule is CC(=O)C1(C(C)=O)[C@@](O)(C(C)=O)[C@@H](CO)O[C@@]1(C(C)=O)n1cnc2c(N)ncnc21. The molecule has 30 heavy (non-hydrogen) atoms. The first kappa shape index (κ1) is 21.6. The van der Waals surface area contributed by atoms with Crippen LogP contribution in [0.1, 0.15) is 27.7 Å². The van der Waals surface area contributed by atoms with Crippen LogP contribution in [-0.2, 0) is 29.6 Å². The van der Waals surface area contributed by atoms with Crippen molar-refractivity contribution in [2.75, 3.05) is 12.3 Å². The Kier molecular flexibility index (Phi) is 4.84. The first-order valence-corrected chi connectivity index (χ1v) is 8.93. The summed E-state index contributed by atoms with van der Waals surface area (Å²) in [6, 6.07) is 0. The Morgan fingerprint density at radius 3 is 2.13 bits per heavy atom. The third kappa shape index (κ3) is 2.18. The quantitative estimate of drug-likeness (QED) is 0.463. The van der Waals surface area contributed by atoms with Gasteiger partial charge in [0.1, 0.15) is 17.9 Å². The molecule has 1 aliphatic rings. The van der Waals surface area contributed by atoms with Gasteiger partial charge in [0.2, 0.25) is 5.72 Å². The van der Waals surface area contributed by atoms with Crippen LogP contribution in [0.25, 0.3) is 11.2 Å². The van der Waals surface area contributed by atoms with Crippen LogP contribution in [0, 0.1) is 5.41 Å². The molecule has 1 fully saturated rings. The highest BCUT2D eigenvalue weighted by Gasteiger charge is 2.82. The minimum atomic E-state index is -2.85. The molecule has 2 aromatic rings. The molecule has 0 aliphatic carbocycles. The van der Waals surface area contributed by atoms with Crippen molar-refractivity contribution in [3.05, 3.63) is 12.7 Å². The van der Waals surface area contributed by atoms with Gasteiger partial charge in [-0.25, -0.2) is 15.0 Å². The molecule has 0 amide bonds. The van der Waals surface area contributed by atoms with Gasteiger partial charge in [-0.3, -0.25) is 23.7 Å². The van der Waals surface area contributed by atoms with Crippen LogP contribution in [0.2, 0.25) is 0 Å². The maximum Gasteiger partial charge on any atom is 0.230 e. The van der Waals surface area contributed by atoms with E-state index >= 15 is 0 Å². The summed E-state index contributed by atoms with van der Waals surface area (Å²) in [5.74, 6) is -4.01. The van der Waals surface area contributed by atoms with Gasteiger partial charge < -0.3 is 20.7 Å². The van der Waals surface area contributed by atoms with Crippen molar-refractivity contribution in [2.24, 2.45) is 5.41 Å². The largest absolute Gasteiger partial charge is 0.394 e. The Labute approximate surface area is 170 Å². The summed E-state index contributed by atoms with van der Waals surface area (Å²) in [5.41, 5.74) is -2.39. The smallest absolute Gasteiger partial charge is 0.230 e. The van der Waals surface area contributed by atoms with Crippen molar-refractivity contribution in [1.29, 1.82) is 0 Å². The van der Waals surface area contributed by atoms with Crippen LogP contribution in [-0.4, -0.2) is 71.2 Å². The molecule has 2 aromatic heterocycles. The number of ether oxygens (including phenoxy) is 1. The van der Waals surface area contributed by atoms with Crippen molar-refractivity contribution in [2.45, 2.75) is 45.1 Å². The average Bonchev–Trinajstić information content (AvgIpc) is 3.19. The van der Waals surface area contributed by atoms with Gasteiger partial charge in [-0.1, -0.05) is 0 Å². The number of nitrogens with zero attached hydrogens (tertiary/aromatic N) is 4. The van der Waals surface area contributed by atoms with Crippen LogP contribution in [0.5, 0.6) is 0 Å². The van der Waals surface area contributed by atoms with E-state index in [9.17, 15) is 29.4 Å². The number of aliphatic hydroxyl groups is 2. The molecule has 1 saturated heterocycles. The van der Waals surface area contributed by atoms with Crippen LogP contribution < -0.4 is 5.73 Å². The Hall–Kier alpha value is -3.09. The van der Waals surface area contributed by atoms with Crippen LogP contribution in [0.3, 0.4) is 0 Å². The molecule has 0 aromatic carbocycles. The number of anilines is 1.